The van der Waals surface area contributed by atoms with Gasteiger partial charge in [0.25, 0.3) is 0 Å². The van der Waals surface area contributed by atoms with E-state index in [9.17, 15) is 0 Å². The fourth-order valence-electron chi connectivity index (χ4n) is 1.60. The van der Waals surface area contributed by atoms with Crippen molar-refractivity contribution in [2.75, 3.05) is 19.0 Å². The summed E-state index contributed by atoms with van der Waals surface area (Å²) < 4.78 is 6.94. The highest BCUT2D eigenvalue weighted by Gasteiger charge is 2.08. The van der Waals surface area contributed by atoms with E-state index < -0.39 is 0 Å². The number of hydrogen-bond acceptors (Lipinski definition) is 4. The molecule has 0 radical (unpaired) electrons. The molecule has 0 amide bonds. The molecule has 0 aliphatic rings. The van der Waals surface area contributed by atoms with E-state index in [-0.39, 0.29) is 0 Å². The topological polar surface area (TPSA) is 47.0 Å². The van der Waals surface area contributed by atoms with Gasteiger partial charge in [-0.25, -0.2) is 9.97 Å². The summed E-state index contributed by atoms with van der Waals surface area (Å²) in [6, 6.07) is 5.76. The highest BCUT2D eigenvalue weighted by Crippen LogP contribution is 2.30. The zero-order valence-electron chi connectivity index (χ0n) is 10.6. The van der Waals surface area contributed by atoms with Crippen LogP contribution in [0, 0.1) is 0 Å². The first kappa shape index (κ1) is 14.3. The van der Waals surface area contributed by atoms with E-state index >= 15 is 0 Å². The quantitative estimate of drug-likeness (QED) is 0.858. The number of aromatic nitrogens is 2. The van der Waals surface area contributed by atoms with E-state index in [1.165, 1.54) is 0 Å². The lowest BCUT2D eigenvalue weighted by Crippen LogP contribution is -2.02. The summed E-state index contributed by atoms with van der Waals surface area (Å²) in [5.74, 6) is 2.25. The average molecular weight is 387 g/mol. The monoisotopic (exact) mass is 385 g/mol. The van der Waals surface area contributed by atoms with Crippen LogP contribution in [-0.2, 0) is 0 Å². The maximum absolute atomic E-state index is 5.21. The van der Waals surface area contributed by atoms with Gasteiger partial charge in [-0.2, -0.15) is 0 Å². The maximum Gasteiger partial charge on any atom is 0.161 e. The summed E-state index contributed by atoms with van der Waals surface area (Å²) in [7, 11) is 1.64. The molecule has 4 nitrogen and oxygen atoms in total. The van der Waals surface area contributed by atoms with Crippen LogP contribution in [0.15, 0.2) is 33.3 Å². The Balaban J connectivity index is 2.41. The maximum atomic E-state index is 5.21. The van der Waals surface area contributed by atoms with Gasteiger partial charge in [0, 0.05) is 18.3 Å². The summed E-state index contributed by atoms with van der Waals surface area (Å²) in [6.07, 6.45) is 1.75. The summed E-state index contributed by atoms with van der Waals surface area (Å²) in [5.41, 5.74) is 0.930. The molecule has 100 valence electrons. The number of anilines is 1. The first-order valence-electron chi connectivity index (χ1n) is 5.76. The molecule has 19 heavy (non-hydrogen) atoms. The van der Waals surface area contributed by atoms with Crippen LogP contribution in [0.2, 0.25) is 0 Å². The molecule has 0 saturated carbocycles. The summed E-state index contributed by atoms with van der Waals surface area (Å²) in [6.45, 7) is 2.83. The normalized spacial score (nSPS) is 10.3. The highest BCUT2D eigenvalue weighted by atomic mass is 79.9. The summed E-state index contributed by atoms with van der Waals surface area (Å²) >= 11 is 6.89. The number of nitrogens with zero attached hydrogens (tertiary/aromatic N) is 2. The van der Waals surface area contributed by atoms with Gasteiger partial charge in [-0.1, -0.05) is 0 Å². The fraction of sp³-hybridized carbons (Fsp3) is 0.231. The van der Waals surface area contributed by atoms with Gasteiger partial charge in [0.15, 0.2) is 5.82 Å². The van der Waals surface area contributed by atoms with Crippen LogP contribution in [-0.4, -0.2) is 23.6 Å². The van der Waals surface area contributed by atoms with Crippen molar-refractivity contribution >= 4 is 37.7 Å². The number of ether oxygens (including phenoxy) is 1. The average Bonchev–Trinajstić information content (AvgIpc) is 2.41. The molecule has 0 unspecified atom stereocenters. The van der Waals surface area contributed by atoms with Crippen molar-refractivity contribution in [3.63, 3.8) is 0 Å². The van der Waals surface area contributed by atoms with Crippen molar-refractivity contribution in [1.29, 1.82) is 0 Å². The summed E-state index contributed by atoms with van der Waals surface area (Å²) in [4.78, 5) is 8.83. The molecule has 1 heterocycles. The van der Waals surface area contributed by atoms with E-state index in [0.29, 0.717) is 5.82 Å². The molecular weight excluding hydrogens is 374 g/mol. The minimum atomic E-state index is 0.669. The second-order valence-electron chi connectivity index (χ2n) is 3.77. The van der Waals surface area contributed by atoms with E-state index in [1.807, 2.05) is 25.1 Å². The van der Waals surface area contributed by atoms with Crippen LogP contribution in [0.3, 0.4) is 0 Å². The second-order valence-corrected chi connectivity index (χ2v) is 5.48. The van der Waals surface area contributed by atoms with Gasteiger partial charge in [-0.05, 0) is 57.0 Å². The van der Waals surface area contributed by atoms with Crippen molar-refractivity contribution in [3.8, 4) is 17.1 Å². The molecule has 0 aliphatic heterocycles. The van der Waals surface area contributed by atoms with Crippen LogP contribution in [0.4, 0.5) is 5.82 Å². The van der Waals surface area contributed by atoms with Gasteiger partial charge in [-0.3, -0.25) is 0 Å². The van der Waals surface area contributed by atoms with Crippen LogP contribution in [0.5, 0.6) is 5.75 Å². The number of methoxy groups -OCH3 is 1. The number of halogens is 2. The third-order valence-electron chi connectivity index (χ3n) is 2.50. The van der Waals surface area contributed by atoms with Crippen LogP contribution < -0.4 is 10.1 Å². The SMILES string of the molecule is CCNc1nc(-c2ccc(OC)c(Br)c2)ncc1Br. The molecule has 1 aromatic heterocycles. The standard InChI is InChI=1S/C13H13Br2N3O/c1-3-16-13-10(15)7-17-12(18-13)8-4-5-11(19-2)9(14)6-8/h4-7H,3H2,1-2H3,(H,16,17,18). The minimum absolute atomic E-state index is 0.669. The Morgan fingerprint density at radius 2 is 2.05 bits per heavy atom. The Kier molecular flexibility index (Phi) is 4.76. The van der Waals surface area contributed by atoms with Gasteiger partial charge in [0.1, 0.15) is 11.6 Å². The first-order chi connectivity index (χ1) is 9.15. The highest BCUT2D eigenvalue weighted by molar-refractivity contribution is 9.11. The van der Waals surface area contributed by atoms with Crippen LogP contribution >= 0.6 is 31.9 Å². The minimum Gasteiger partial charge on any atom is -0.496 e. The number of nitrogens with one attached hydrogen (secondary N) is 1. The van der Waals surface area contributed by atoms with Gasteiger partial charge >= 0.3 is 0 Å². The Bertz CT molecular complexity index is 590. The molecule has 0 aliphatic carbocycles. The van der Waals surface area contributed by atoms with Crippen molar-refractivity contribution in [2.24, 2.45) is 0 Å². The van der Waals surface area contributed by atoms with Crippen LogP contribution in [0.25, 0.3) is 11.4 Å². The molecule has 0 fully saturated rings. The van der Waals surface area contributed by atoms with E-state index in [1.54, 1.807) is 13.3 Å². The molecule has 6 heteroatoms. The first-order valence-corrected chi connectivity index (χ1v) is 7.34. The molecule has 0 atom stereocenters. The molecule has 0 saturated heterocycles. The molecule has 0 bridgehead atoms. The van der Waals surface area contributed by atoms with Gasteiger partial charge in [0.05, 0.1) is 16.1 Å². The Morgan fingerprint density at radius 1 is 1.26 bits per heavy atom. The molecular formula is C13H13Br2N3O. The molecule has 1 N–H and O–H groups in total. The number of rotatable bonds is 4. The number of hydrogen-bond donors (Lipinski definition) is 1. The molecule has 1 aromatic carbocycles. The van der Waals surface area contributed by atoms with E-state index in [0.717, 1.165) is 32.6 Å². The summed E-state index contributed by atoms with van der Waals surface area (Å²) in [5, 5.41) is 3.19. The van der Waals surface area contributed by atoms with Crippen molar-refractivity contribution in [2.45, 2.75) is 6.92 Å². The van der Waals surface area contributed by atoms with Crippen molar-refractivity contribution < 1.29 is 4.74 Å². The van der Waals surface area contributed by atoms with Gasteiger partial charge in [0.2, 0.25) is 0 Å². The Morgan fingerprint density at radius 3 is 2.68 bits per heavy atom. The zero-order chi connectivity index (χ0) is 13.8. The predicted molar refractivity (Wildman–Crippen MR) is 83.6 cm³/mol. The molecule has 2 aromatic rings. The molecule has 0 spiro atoms. The number of benzene rings is 1. The van der Waals surface area contributed by atoms with Crippen LogP contribution in [0.1, 0.15) is 6.92 Å². The lowest BCUT2D eigenvalue weighted by molar-refractivity contribution is 0.412. The zero-order valence-corrected chi connectivity index (χ0v) is 13.7. The smallest absolute Gasteiger partial charge is 0.161 e. The molecule has 2 rings (SSSR count). The second kappa shape index (κ2) is 6.34. The third-order valence-corrected chi connectivity index (χ3v) is 3.70. The van der Waals surface area contributed by atoms with Crippen molar-refractivity contribution in [1.82, 2.24) is 9.97 Å². The Hall–Kier alpha value is -1.14. The lowest BCUT2D eigenvalue weighted by Gasteiger charge is -2.08. The van der Waals surface area contributed by atoms with E-state index in [4.69, 9.17) is 4.74 Å². The largest absolute Gasteiger partial charge is 0.496 e. The fourth-order valence-corrected chi connectivity index (χ4v) is 2.47. The van der Waals surface area contributed by atoms with E-state index in [2.05, 4.69) is 47.1 Å². The van der Waals surface area contributed by atoms with Gasteiger partial charge in [-0.15, -0.1) is 0 Å². The predicted octanol–water partition coefficient (Wildman–Crippen LogP) is 4.11. The Labute approximate surface area is 128 Å². The third kappa shape index (κ3) is 3.25. The van der Waals surface area contributed by atoms with Gasteiger partial charge < -0.3 is 10.1 Å². The van der Waals surface area contributed by atoms with Crippen molar-refractivity contribution in [3.05, 3.63) is 33.3 Å². The lowest BCUT2D eigenvalue weighted by atomic mass is 10.2.